The summed E-state index contributed by atoms with van der Waals surface area (Å²) in [5, 5.41) is 13.8. The van der Waals surface area contributed by atoms with E-state index < -0.39 is 23.7 Å². The summed E-state index contributed by atoms with van der Waals surface area (Å²) in [6, 6.07) is 9.33. The number of hydrogen-bond acceptors (Lipinski definition) is 5. The van der Waals surface area contributed by atoms with Crippen LogP contribution >= 0.6 is 11.6 Å². The Hall–Kier alpha value is -2.57. The lowest BCUT2D eigenvalue weighted by atomic mass is 9.88. The number of fused-ring (bicyclic) bond motifs is 1. The van der Waals surface area contributed by atoms with E-state index in [0.717, 1.165) is 0 Å². The van der Waals surface area contributed by atoms with Crippen LogP contribution in [0.1, 0.15) is 22.3 Å². The Morgan fingerprint density at radius 3 is 2.56 bits per heavy atom. The highest BCUT2D eigenvalue weighted by Gasteiger charge is 2.47. The third kappa shape index (κ3) is 2.94. The first kappa shape index (κ1) is 17.3. The SMILES string of the molecule is COc1ccc(C(=O)C[C@]2(O)C(=O)Nc3ccc(Cl)cc32)cc1OC. The first-order chi connectivity index (χ1) is 11.9. The molecule has 1 aliphatic heterocycles. The van der Waals surface area contributed by atoms with Gasteiger partial charge < -0.3 is 19.9 Å². The fourth-order valence-electron chi connectivity index (χ4n) is 2.84. The minimum Gasteiger partial charge on any atom is -0.493 e. The Morgan fingerprint density at radius 2 is 1.88 bits per heavy atom. The molecule has 130 valence electrons. The summed E-state index contributed by atoms with van der Waals surface area (Å²) in [6.07, 6.45) is -0.415. The molecule has 0 saturated heterocycles. The van der Waals surface area contributed by atoms with Gasteiger partial charge in [-0.1, -0.05) is 11.6 Å². The van der Waals surface area contributed by atoms with Gasteiger partial charge >= 0.3 is 0 Å². The molecule has 0 radical (unpaired) electrons. The van der Waals surface area contributed by atoms with Crippen LogP contribution in [0.15, 0.2) is 36.4 Å². The van der Waals surface area contributed by atoms with Gasteiger partial charge in [-0.05, 0) is 36.4 Å². The molecule has 1 amide bonds. The maximum Gasteiger partial charge on any atom is 0.261 e. The van der Waals surface area contributed by atoms with Gasteiger partial charge in [0.2, 0.25) is 0 Å². The van der Waals surface area contributed by atoms with Gasteiger partial charge in [0.25, 0.3) is 5.91 Å². The van der Waals surface area contributed by atoms with Gasteiger partial charge in [0.1, 0.15) is 0 Å². The monoisotopic (exact) mass is 361 g/mol. The molecule has 0 aromatic heterocycles. The number of nitrogens with one attached hydrogen (secondary N) is 1. The summed E-state index contributed by atoms with van der Waals surface area (Å²) in [6.45, 7) is 0. The molecule has 0 aliphatic carbocycles. The standard InChI is InChI=1S/C18H16ClNO5/c1-24-15-6-3-10(7-16(15)25-2)14(21)9-18(23)12-8-11(19)4-5-13(12)20-17(18)22/h3-8,23H,9H2,1-2H3,(H,20,22)/t18-/m1/s1. The number of ether oxygens (including phenoxy) is 2. The number of Topliss-reactive ketones (excluding diaryl/α,β-unsaturated/α-hetero) is 1. The molecule has 1 aliphatic rings. The number of methoxy groups -OCH3 is 2. The minimum atomic E-state index is -1.97. The largest absolute Gasteiger partial charge is 0.493 e. The van der Waals surface area contributed by atoms with Crippen molar-refractivity contribution < 1.29 is 24.2 Å². The smallest absolute Gasteiger partial charge is 0.261 e. The Bertz CT molecular complexity index is 867. The molecular weight excluding hydrogens is 346 g/mol. The highest BCUT2D eigenvalue weighted by atomic mass is 35.5. The molecule has 25 heavy (non-hydrogen) atoms. The molecule has 0 fully saturated rings. The lowest BCUT2D eigenvalue weighted by molar-refractivity contribution is -0.133. The van der Waals surface area contributed by atoms with Crippen molar-refractivity contribution in [2.24, 2.45) is 0 Å². The molecule has 6 nitrogen and oxygen atoms in total. The predicted molar refractivity (Wildman–Crippen MR) is 92.5 cm³/mol. The molecule has 0 spiro atoms. The van der Waals surface area contributed by atoms with Gasteiger partial charge in [-0.15, -0.1) is 0 Å². The van der Waals surface area contributed by atoms with E-state index in [1.54, 1.807) is 24.3 Å². The lowest BCUT2D eigenvalue weighted by Crippen LogP contribution is -2.36. The number of benzene rings is 2. The van der Waals surface area contributed by atoms with Crippen LogP contribution in [0.5, 0.6) is 11.5 Å². The number of carbonyl (C=O) groups excluding carboxylic acids is 2. The first-order valence-corrected chi connectivity index (χ1v) is 7.86. The molecule has 0 bridgehead atoms. The summed E-state index contributed by atoms with van der Waals surface area (Å²) >= 11 is 5.96. The zero-order chi connectivity index (χ0) is 18.2. The molecule has 3 rings (SSSR count). The van der Waals surface area contributed by atoms with Crippen LogP contribution in [0, 0.1) is 0 Å². The van der Waals surface area contributed by atoms with E-state index in [4.69, 9.17) is 21.1 Å². The maximum absolute atomic E-state index is 12.6. The minimum absolute atomic E-state index is 0.291. The van der Waals surface area contributed by atoms with Crippen LogP contribution in [0.4, 0.5) is 5.69 Å². The van der Waals surface area contributed by atoms with Crippen molar-refractivity contribution in [3.63, 3.8) is 0 Å². The second-order valence-corrected chi connectivity index (χ2v) is 6.11. The maximum atomic E-state index is 12.6. The van der Waals surface area contributed by atoms with Crippen molar-refractivity contribution in [1.82, 2.24) is 0 Å². The summed E-state index contributed by atoms with van der Waals surface area (Å²) in [5.41, 5.74) is -0.935. The van der Waals surface area contributed by atoms with Crippen molar-refractivity contribution in [2.75, 3.05) is 19.5 Å². The van der Waals surface area contributed by atoms with Crippen molar-refractivity contribution >= 4 is 29.0 Å². The van der Waals surface area contributed by atoms with Gasteiger partial charge in [-0.25, -0.2) is 0 Å². The van der Waals surface area contributed by atoms with Crippen molar-refractivity contribution in [3.8, 4) is 11.5 Å². The third-order valence-corrected chi connectivity index (χ3v) is 4.41. The Labute approximate surface area is 149 Å². The Kier molecular flexibility index (Phi) is 4.41. The fraction of sp³-hybridized carbons (Fsp3) is 0.222. The van der Waals surface area contributed by atoms with Crippen LogP contribution < -0.4 is 14.8 Å². The first-order valence-electron chi connectivity index (χ1n) is 7.48. The van der Waals surface area contributed by atoms with E-state index in [2.05, 4.69) is 5.32 Å². The number of rotatable bonds is 5. The quantitative estimate of drug-likeness (QED) is 0.800. The number of carbonyl (C=O) groups is 2. The highest BCUT2D eigenvalue weighted by Crippen LogP contribution is 2.40. The van der Waals surface area contributed by atoms with Crippen LogP contribution in [-0.2, 0) is 10.4 Å². The molecule has 1 heterocycles. The van der Waals surface area contributed by atoms with Crippen molar-refractivity contribution in [2.45, 2.75) is 12.0 Å². The topological polar surface area (TPSA) is 84.9 Å². The lowest BCUT2D eigenvalue weighted by Gasteiger charge is -2.20. The number of ketones is 1. The van der Waals surface area contributed by atoms with Gasteiger partial charge in [0.15, 0.2) is 22.9 Å². The average molecular weight is 362 g/mol. The number of amides is 1. The van der Waals surface area contributed by atoms with E-state index in [1.165, 1.54) is 26.4 Å². The summed E-state index contributed by atoms with van der Waals surface area (Å²) in [5.74, 6) is -0.196. The van der Waals surface area contributed by atoms with Gasteiger partial charge in [-0.2, -0.15) is 0 Å². The van der Waals surface area contributed by atoms with Crippen LogP contribution in [0.25, 0.3) is 0 Å². The fourth-order valence-corrected chi connectivity index (χ4v) is 3.01. The van der Waals surface area contributed by atoms with Gasteiger partial charge in [-0.3, -0.25) is 9.59 Å². The van der Waals surface area contributed by atoms with Crippen LogP contribution in [-0.4, -0.2) is 31.0 Å². The second kappa shape index (κ2) is 6.38. The van der Waals surface area contributed by atoms with Crippen molar-refractivity contribution in [1.29, 1.82) is 0 Å². The zero-order valence-electron chi connectivity index (χ0n) is 13.6. The van der Waals surface area contributed by atoms with Crippen LogP contribution in [0.2, 0.25) is 5.02 Å². The molecule has 2 aromatic carbocycles. The Morgan fingerprint density at radius 1 is 1.16 bits per heavy atom. The molecule has 2 aromatic rings. The number of aliphatic hydroxyl groups is 1. The average Bonchev–Trinajstić information content (AvgIpc) is 2.84. The number of anilines is 1. The third-order valence-electron chi connectivity index (χ3n) is 4.17. The normalized spacial score (nSPS) is 18.5. The molecular formula is C18H16ClNO5. The molecule has 0 unspecified atom stereocenters. The molecule has 0 saturated carbocycles. The van der Waals surface area contributed by atoms with Gasteiger partial charge in [0, 0.05) is 21.8 Å². The van der Waals surface area contributed by atoms with Crippen molar-refractivity contribution in [3.05, 3.63) is 52.5 Å². The van der Waals surface area contributed by atoms with E-state index in [1.807, 2.05) is 0 Å². The summed E-state index contributed by atoms with van der Waals surface area (Å²) in [4.78, 5) is 24.9. The summed E-state index contributed by atoms with van der Waals surface area (Å²) in [7, 11) is 2.95. The molecule has 7 heteroatoms. The highest BCUT2D eigenvalue weighted by molar-refractivity contribution is 6.31. The van der Waals surface area contributed by atoms with E-state index in [-0.39, 0.29) is 0 Å². The number of hydrogen-bond donors (Lipinski definition) is 2. The zero-order valence-corrected chi connectivity index (χ0v) is 14.4. The molecule has 1 atom stereocenters. The molecule has 2 N–H and O–H groups in total. The van der Waals surface area contributed by atoms with E-state index in [9.17, 15) is 14.7 Å². The van der Waals surface area contributed by atoms with Gasteiger partial charge in [0.05, 0.1) is 20.6 Å². The summed E-state index contributed by atoms with van der Waals surface area (Å²) < 4.78 is 10.3. The predicted octanol–water partition coefficient (Wildman–Crippen LogP) is 2.77. The number of halogens is 1. The Balaban J connectivity index is 1.93. The second-order valence-electron chi connectivity index (χ2n) is 5.67. The van der Waals surface area contributed by atoms with E-state index >= 15 is 0 Å². The van der Waals surface area contributed by atoms with E-state index in [0.29, 0.717) is 33.3 Å². The van der Waals surface area contributed by atoms with Crippen LogP contribution in [0.3, 0.4) is 0 Å².